The Labute approximate surface area is 136 Å². The number of allylic oxidation sites excluding steroid dienone is 2. The van der Waals surface area contributed by atoms with Gasteiger partial charge in [0.05, 0.1) is 6.61 Å². The number of Topliss-reactive ketones (excluding diaryl/α,β-unsaturated/α-hetero) is 1. The molecule has 4 nitrogen and oxygen atoms in total. The molecule has 0 aromatic carbocycles. The molecule has 0 saturated carbocycles. The standard InChI is InChI=1S/C19H24O4/c1-4-18(2)6-5-13-12(9-18)15(21)8-14-11(10-20)7-16(22)17(23)19(13,14)3/h4,7,14,17,20,23H,1,5-6,8-10H2,2-3H3. The average molecular weight is 316 g/mol. The second kappa shape index (κ2) is 5.25. The van der Waals surface area contributed by atoms with Crippen molar-refractivity contribution in [2.24, 2.45) is 16.7 Å². The molecule has 3 aliphatic rings. The first-order valence-electron chi connectivity index (χ1n) is 8.19. The van der Waals surface area contributed by atoms with Gasteiger partial charge in [-0.25, -0.2) is 0 Å². The van der Waals surface area contributed by atoms with Gasteiger partial charge < -0.3 is 10.2 Å². The highest BCUT2D eigenvalue weighted by molar-refractivity contribution is 6.02. The van der Waals surface area contributed by atoms with Crippen molar-refractivity contribution in [3.8, 4) is 0 Å². The Morgan fingerprint density at radius 1 is 1.39 bits per heavy atom. The van der Waals surface area contributed by atoms with E-state index < -0.39 is 11.5 Å². The number of aliphatic hydroxyl groups is 2. The summed E-state index contributed by atoms with van der Waals surface area (Å²) in [6.45, 7) is 7.61. The molecule has 3 aliphatic carbocycles. The molecule has 124 valence electrons. The molecule has 4 atom stereocenters. The number of carbonyl (C=O) groups excluding carboxylic acids is 2. The van der Waals surface area contributed by atoms with Crippen molar-refractivity contribution in [1.82, 2.24) is 0 Å². The fourth-order valence-corrected chi connectivity index (χ4v) is 4.61. The fraction of sp³-hybridized carbons (Fsp3) is 0.579. The molecule has 0 amide bonds. The van der Waals surface area contributed by atoms with Gasteiger partial charge in [-0.3, -0.25) is 9.59 Å². The van der Waals surface area contributed by atoms with E-state index in [0.717, 1.165) is 17.6 Å². The third kappa shape index (κ3) is 2.19. The highest BCUT2D eigenvalue weighted by Gasteiger charge is 2.55. The Hall–Kier alpha value is -1.52. The van der Waals surface area contributed by atoms with Gasteiger partial charge in [0.15, 0.2) is 11.6 Å². The molecular weight excluding hydrogens is 292 g/mol. The topological polar surface area (TPSA) is 74.6 Å². The van der Waals surface area contributed by atoms with Crippen molar-refractivity contribution in [2.75, 3.05) is 6.61 Å². The van der Waals surface area contributed by atoms with E-state index in [2.05, 4.69) is 13.5 Å². The van der Waals surface area contributed by atoms with Gasteiger partial charge >= 0.3 is 0 Å². The molecule has 0 aliphatic heterocycles. The summed E-state index contributed by atoms with van der Waals surface area (Å²) in [6.07, 6.45) is 4.48. The van der Waals surface area contributed by atoms with E-state index in [4.69, 9.17) is 0 Å². The van der Waals surface area contributed by atoms with Gasteiger partial charge in [-0.15, -0.1) is 6.58 Å². The number of fused-ring (bicyclic) bond motifs is 2. The average Bonchev–Trinajstić information content (AvgIpc) is 2.54. The van der Waals surface area contributed by atoms with Crippen LogP contribution >= 0.6 is 0 Å². The van der Waals surface area contributed by atoms with Gasteiger partial charge in [0.2, 0.25) is 0 Å². The molecular formula is C19H24O4. The lowest BCUT2D eigenvalue weighted by Gasteiger charge is -2.52. The first-order chi connectivity index (χ1) is 10.8. The minimum atomic E-state index is -1.14. The highest BCUT2D eigenvalue weighted by Crippen LogP contribution is 2.57. The van der Waals surface area contributed by atoms with E-state index in [1.165, 1.54) is 6.08 Å². The Kier molecular flexibility index (Phi) is 3.73. The lowest BCUT2D eigenvalue weighted by atomic mass is 9.52. The van der Waals surface area contributed by atoms with Gasteiger partial charge in [0.25, 0.3) is 0 Å². The zero-order valence-corrected chi connectivity index (χ0v) is 13.8. The molecule has 0 bridgehead atoms. The van der Waals surface area contributed by atoms with Gasteiger partial charge in [0, 0.05) is 17.8 Å². The van der Waals surface area contributed by atoms with Crippen LogP contribution in [0, 0.1) is 16.7 Å². The van der Waals surface area contributed by atoms with E-state index in [-0.39, 0.29) is 35.9 Å². The van der Waals surface area contributed by atoms with Crippen LogP contribution < -0.4 is 0 Å². The maximum atomic E-state index is 12.7. The van der Waals surface area contributed by atoms with Crippen LogP contribution in [0.1, 0.15) is 39.5 Å². The molecule has 0 saturated heterocycles. The van der Waals surface area contributed by atoms with Gasteiger partial charge in [-0.1, -0.05) is 25.5 Å². The van der Waals surface area contributed by atoms with Crippen LogP contribution in [0.3, 0.4) is 0 Å². The minimum absolute atomic E-state index is 0.0798. The monoisotopic (exact) mass is 316 g/mol. The summed E-state index contributed by atoms with van der Waals surface area (Å²) >= 11 is 0. The number of rotatable bonds is 2. The van der Waals surface area contributed by atoms with Crippen LogP contribution in [0.15, 0.2) is 35.5 Å². The van der Waals surface area contributed by atoms with E-state index in [1.807, 2.05) is 13.0 Å². The highest BCUT2D eigenvalue weighted by atomic mass is 16.3. The van der Waals surface area contributed by atoms with Gasteiger partial charge in [0.1, 0.15) is 6.10 Å². The second-order valence-electron chi connectivity index (χ2n) is 7.64. The maximum Gasteiger partial charge on any atom is 0.185 e. The lowest BCUT2D eigenvalue weighted by Crippen LogP contribution is -2.53. The molecule has 0 heterocycles. The Morgan fingerprint density at radius 2 is 2.09 bits per heavy atom. The Balaban J connectivity index is 2.16. The van der Waals surface area contributed by atoms with E-state index in [1.54, 1.807) is 0 Å². The number of hydrogen-bond acceptors (Lipinski definition) is 4. The zero-order valence-electron chi connectivity index (χ0n) is 13.8. The van der Waals surface area contributed by atoms with Crippen LogP contribution in [0.2, 0.25) is 0 Å². The second-order valence-corrected chi connectivity index (χ2v) is 7.64. The predicted molar refractivity (Wildman–Crippen MR) is 86.6 cm³/mol. The van der Waals surface area contributed by atoms with Gasteiger partial charge in [-0.05, 0) is 41.9 Å². The third-order valence-electron chi connectivity index (χ3n) is 6.28. The van der Waals surface area contributed by atoms with Gasteiger partial charge in [-0.2, -0.15) is 0 Å². The fourth-order valence-electron chi connectivity index (χ4n) is 4.61. The SMILES string of the molecule is C=CC1(C)CCC2=C(C1)C(=O)CC1C(CO)=CC(=O)C(O)C21C. The summed E-state index contributed by atoms with van der Waals surface area (Å²) in [5.74, 6) is -0.582. The summed E-state index contributed by atoms with van der Waals surface area (Å²) in [7, 11) is 0. The van der Waals surface area contributed by atoms with Crippen LogP contribution in [0.25, 0.3) is 0 Å². The first kappa shape index (κ1) is 16.3. The Morgan fingerprint density at radius 3 is 2.70 bits per heavy atom. The van der Waals surface area contributed by atoms with Crippen molar-refractivity contribution in [2.45, 2.75) is 45.6 Å². The predicted octanol–water partition coefficient (Wildman–Crippen LogP) is 2.12. The largest absolute Gasteiger partial charge is 0.392 e. The minimum Gasteiger partial charge on any atom is -0.392 e. The molecule has 0 fully saturated rings. The molecule has 2 N–H and O–H groups in total. The number of ketones is 2. The van der Waals surface area contributed by atoms with E-state index in [0.29, 0.717) is 18.4 Å². The maximum absolute atomic E-state index is 12.7. The molecule has 4 unspecified atom stereocenters. The van der Waals surface area contributed by atoms with Crippen molar-refractivity contribution in [3.05, 3.63) is 35.5 Å². The summed E-state index contributed by atoms with van der Waals surface area (Å²) in [4.78, 5) is 24.9. The molecule has 0 radical (unpaired) electrons. The van der Waals surface area contributed by atoms with Crippen molar-refractivity contribution in [3.63, 3.8) is 0 Å². The van der Waals surface area contributed by atoms with Crippen LogP contribution in [-0.4, -0.2) is 34.5 Å². The van der Waals surface area contributed by atoms with Crippen LogP contribution in [-0.2, 0) is 9.59 Å². The molecule has 0 aromatic heterocycles. The summed E-state index contributed by atoms with van der Waals surface area (Å²) in [5, 5.41) is 20.2. The molecule has 3 rings (SSSR count). The first-order valence-corrected chi connectivity index (χ1v) is 8.19. The normalized spacial score (nSPS) is 40.4. The molecule has 4 heteroatoms. The molecule has 0 aromatic rings. The molecule has 23 heavy (non-hydrogen) atoms. The number of hydrogen-bond donors (Lipinski definition) is 2. The number of carbonyl (C=O) groups is 2. The van der Waals surface area contributed by atoms with E-state index in [9.17, 15) is 19.8 Å². The smallest absolute Gasteiger partial charge is 0.185 e. The van der Waals surface area contributed by atoms with Crippen LogP contribution in [0.5, 0.6) is 0 Å². The van der Waals surface area contributed by atoms with Crippen molar-refractivity contribution >= 4 is 11.6 Å². The van der Waals surface area contributed by atoms with Crippen molar-refractivity contribution in [1.29, 1.82) is 0 Å². The van der Waals surface area contributed by atoms with Crippen LogP contribution in [0.4, 0.5) is 0 Å². The third-order valence-corrected chi connectivity index (χ3v) is 6.28. The van der Waals surface area contributed by atoms with E-state index >= 15 is 0 Å². The molecule has 0 spiro atoms. The van der Waals surface area contributed by atoms with Crippen molar-refractivity contribution < 1.29 is 19.8 Å². The summed E-state index contributed by atoms with van der Waals surface area (Å²) in [5.41, 5.74) is 1.35. The summed E-state index contributed by atoms with van der Waals surface area (Å²) in [6, 6.07) is 0. The summed E-state index contributed by atoms with van der Waals surface area (Å²) < 4.78 is 0. The quantitative estimate of drug-likeness (QED) is 0.765. The number of aliphatic hydroxyl groups excluding tert-OH is 2. The Bertz CT molecular complexity index is 656. The zero-order chi connectivity index (χ0) is 17.0. The lowest BCUT2D eigenvalue weighted by molar-refractivity contribution is -0.134.